The number of benzene rings is 1. The number of hydrogen-bond acceptors (Lipinski definition) is 8. The Hall–Kier alpha value is -4.38. The Morgan fingerprint density at radius 2 is 1.97 bits per heavy atom. The number of furan rings is 1. The molecule has 0 aliphatic rings. The Bertz CT molecular complexity index is 1560. The van der Waals surface area contributed by atoms with Gasteiger partial charge in [-0.1, -0.05) is 30.3 Å². The minimum atomic E-state index is -0.723. The average molecular weight is 519 g/mol. The van der Waals surface area contributed by atoms with Crippen molar-refractivity contribution in [3.8, 4) is 11.4 Å². The molecule has 11 heteroatoms. The number of ether oxygens (including phenoxy) is 1. The van der Waals surface area contributed by atoms with Crippen molar-refractivity contribution in [2.24, 2.45) is 0 Å². The molecule has 0 amide bonds. The zero-order valence-corrected chi connectivity index (χ0v) is 19.0. The standard InChI is InChI=1S/C23H15BrN6O4/c24-16-8-9-20-25-17(11-21(31)29(20)13-16)14-34-23(32)19(12-18-7-4-10-33-18)30-22(26-27-28-30)15-5-2-1-3-6-15/h1-13H,14H2/b19-12-. The molecule has 0 spiro atoms. The third kappa shape index (κ3) is 4.41. The van der Waals surface area contributed by atoms with Crippen LogP contribution in [0, 0.1) is 0 Å². The fourth-order valence-electron chi connectivity index (χ4n) is 3.24. The molecule has 4 heterocycles. The molecule has 4 aromatic heterocycles. The number of pyridine rings is 1. The lowest BCUT2D eigenvalue weighted by molar-refractivity contribution is -0.138. The topological polar surface area (TPSA) is 117 Å². The highest BCUT2D eigenvalue weighted by molar-refractivity contribution is 9.10. The fourth-order valence-corrected chi connectivity index (χ4v) is 3.58. The van der Waals surface area contributed by atoms with E-state index in [9.17, 15) is 9.59 Å². The van der Waals surface area contributed by atoms with Crippen molar-refractivity contribution >= 4 is 39.3 Å². The van der Waals surface area contributed by atoms with Crippen molar-refractivity contribution in [3.63, 3.8) is 0 Å². The summed E-state index contributed by atoms with van der Waals surface area (Å²) in [4.78, 5) is 30.0. The Morgan fingerprint density at radius 3 is 2.76 bits per heavy atom. The first-order valence-corrected chi connectivity index (χ1v) is 10.8. The van der Waals surface area contributed by atoms with E-state index in [4.69, 9.17) is 9.15 Å². The van der Waals surface area contributed by atoms with Crippen LogP contribution in [0.3, 0.4) is 0 Å². The SMILES string of the molecule is O=C(OCc1cc(=O)n2cc(Br)ccc2n1)/C(=C/c1ccco1)n1nnnc1-c1ccccc1. The second-order valence-electron chi connectivity index (χ2n) is 7.06. The van der Waals surface area contributed by atoms with Crippen LogP contribution in [-0.2, 0) is 16.1 Å². The minimum absolute atomic E-state index is 0.0280. The Labute approximate surface area is 200 Å². The molecule has 10 nitrogen and oxygen atoms in total. The molecule has 0 bridgehead atoms. The zero-order valence-electron chi connectivity index (χ0n) is 17.4. The quantitative estimate of drug-likeness (QED) is 0.247. The van der Waals surface area contributed by atoms with Crippen LogP contribution in [0.4, 0.5) is 0 Å². The number of tetrazole rings is 1. The molecule has 168 valence electrons. The highest BCUT2D eigenvalue weighted by atomic mass is 79.9. The maximum Gasteiger partial charge on any atom is 0.357 e. The molecule has 0 atom stereocenters. The monoisotopic (exact) mass is 518 g/mol. The van der Waals surface area contributed by atoms with Gasteiger partial charge in [0.25, 0.3) is 5.56 Å². The molecule has 0 N–H and O–H groups in total. The number of carbonyl (C=O) groups is 1. The van der Waals surface area contributed by atoms with Crippen molar-refractivity contribution in [1.82, 2.24) is 29.6 Å². The van der Waals surface area contributed by atoms with E-state index in [0.717, 1.165) is 4.47 Å². The number of fused-ring (bicyclic) bond motifs is 1. The predicted molar refractivity (Wildman–Crippen MR) is 125 cm³/mol. The average Bonchev–Trinajstić information content (AvgIpc) is 3.54. The van der Waals surface area contributed by atoms with E-state index in [0.29, 0.717) is 28.5 Å². The van der Waals surface area contributed by atoms with Crippen LogP contribution in [0.15, 0.2) is 86.8 Å². The summed E-state index contributed by atoms with van der Waals surface area (Å²) < 4.78 is 14.3. The molecule has 0 radical (unpaired) electrons. The molecular formula is C23H15BrN6O4. The normalized spacial score (nSPS) is 11.6. The number of nitrogens with zero attached hydrogens (tertiary/aromatic N) is 6. The molecule has 0 aliphatic heterocycles. The summed E-state index contributed by atoms with van der Waals surface area (Å²) in [5.74, 6) is 0.0378. The summed E-state index contributed by atoms with van der Waals surface area (Å²) in [5.41, 5.74) is 1.18. The lowest BCUT2D eigenvalue weighted by Crippen LogP contribution is -2.18. The van der Waals surface area contributed by atoms with Crippen LogP contribution >= 0.6 is 15.9 Å². The van der Waals surface area contributed by atoms with Gasteiger partial charge in [0.1, 0.15) is 18.0 Å². The first-order chi connectivity index (χ1) is 16.6. The molecule has 0 saturated carbocycles. The van der Waals surface area contributed by atoms with Crippen LogP contribution in [0.5, 0.6) is 0 Å². The molecule has 5 aromatic rings. The number of esters is 1. The number of carbonyl (C=O) groups excluding carboxylic acids is 1. The minimum Gasteiger partial charge on any atom is -0.465 e. The van der Waals surface area contributed by atoms with Gasteiger partial charge in [0.2, 0.25) is 0 Å². The summed E-state index contributed by atoms with van der Waals surface area (Å²) in [5, 5.41) is 11.8. The van der Waals surface area contributed by atoms with Gasteiger partial charge >= 0.3 is 5.97 Å². The molecule has 34 heavy (non-hydrogen) atoms. The fraction of sp³-hybridized carbons (Fsp3) is 0.0435. The van der Waals surface area contributed by atoms with Crippen LogP contribution in [0.2, 0.25) is 0 Å². The highest BCUT2D eigenvalue weighted by Gasteiger charge is 2.21. The van der Waals surface area contributed by atoms with Gasteiger partial charge in [0.05, 0.1) is 12.0 Å². The lowest BCUT2D eigenvalue weighted by Gasteiger charge is -2.10. The largest absolute Gasteiger partial charge is 0.465 e. The van der Waals surface area contributed by atoms with E-state index in [1.165, 1.54) is 27.5 Å². The Balaban J connectivity index is 1.46. The number of hydrogen-bond donors (Lipinski definition) is 0. The van der Waals surface area contributed by atoms with Crippen LogP contribution < -0.4 is 5.56 Å². The van der Waals surface area contributed by atoms with Gasteiger partial charge in [0, 0.05) is 28.4 Å². The summed E-state index contributed by atoms with van der Waals surface area (Å²) in [6.45, 7) is -0.223. The molecule has 5 rings (SSSR count). The molecule has 0 unspecified atom stereocenters. The number of aromatic nitrogens is 6. The van der Waals surface area contributed by atoms with E-state index in [1.807, 2.05) is 30.3 Å². The maximum absolute atomic E-state index is 13.2. The second kappa shape index (κ2) is 9.24. The summed E-state index contributed by atoms with van der Waals surface area (Å²) in [6.07, 6.45) is 4.58. The zero-order chi connectivity index (χ0) is 23.5. The van der Waals surface area contributed by atoms with Crippen LogP contribution in [-0.4, -0.2) is 35.6 Å². The number of rotatable bonds is 6. The van der Waals surface area contributed by atoms with E-state index >= 15 is 0 Å². The van der Waals surface area contributed by atoms with Gasteiger partial charge in [-0.15, -0.1) is 5.10 Å². The van der Waals surface area contributed by atoms with Crippen molar-refractivity contribution in [3.05, 3.63) is 99.4 Å². The third-order valence-electron chi connectivity index (χ3n) is 4.79. The van der Waals surface area contributed by atoms with Gasteiger partial charge in [0.15, 0.2) is 11.5 Å². The van der Waals surface area contributed by atoms with Gasteiger partial charge in [-0.05, 0) is 50.6 Å². The molecular weight excluding hydrogens is 504 g/mol. The second-order valence-corrected chi connectivity index (χ2v) is 7.98. The predicted octanol–water partition coefficient (Wildman–Crippen LogP) is 3.45. The molecule has 0 saturated heterocycles. The molecule has 0 aliphatic carbocycles. The Morgan fingerprint density at radius 1 is 1.12 bits per heavy atom. The van der Waals surface area contributed by atoms with Gasteiger partial charge in [-0.25, -0.2) is 9.78 Å². The van der Waals surface area contributed by atoms with Crippen molar-refractivity contribution in [1.29, 1.82) is 0 Å². The van der Waals surface area contributed by atoms with Crippen LogP contribution in [0.1, 0.15) is 11.5 Å². The van der Waals surface area contributed by atoms with E-state index in [1.54, 1.807) is 30.5 Å². The summed E-state index contributed by atoms with van der Waals surface area (Å²) >= 11 is 3.33. The maximum atomic E-state index is 13.2. The van der Waals surface area contributed by atoms with Crippen molar-refractivity contribution in [2.75, 3.05) is 0 Å². The summed E-state index contributed by atoms with van der Waals surface area (Å²) in [6, 6.07) is 17.3. The van der Waals surface area contributed by atoms with Gasteiger partial charge in [-0.3, -0.25) is 9.20 Å². The molecule has 1 aromatic carbocycles. The van der Waals surface area contributed by atoms with Crippen LogP contribution in [0.25, 0.3) is 28.8 Å². The molecule has 0 fully saturated rings. The van der Waals surface area contributed by atoms with Gasteiger partial charge < -0.3 is 9.15 Å². The number of halogens is 1. The Kier molecular flexibility index (Phi) is 5.83. The lowest BCUT2D eigenvalue weighted by atomic mass is 10.2. The third-order valence-corrected chi connectivity index (χ3v) is 5.26. The van der Waals surface area contributed by atoms with Crippen molar-refractivity contribution in [2.45, 2.75) is 6.61 Å². The highest BCUT2D eigenvalue weighted by Crippen LogP contribution is 2.21. The van der Waals surface area contributed by atoms with E-state index in [2.05, 4.69) is 36.4 Å². The van der Waals surface area contributed by atoms with E-state index in [-0.39, 0.29) is 17.9 Å². The summed E-state index contributed by atoms with van der Waals surface area (Å²) in [7, 11) is 0. The van der Waals surface area contributed by atoms with Gasteiger partial charge in [-0.2, -0.15) is 4.68 Å². The first kappa shape index (κ1) is 21.5. The smallest absolute Gasteiger partial charge is 0.357 e. The van der Waals surface area contributed by atoms with Crippen molar-refractivity contribution < 1.29 is 13.9 Å². The van der Waals surface area contributed by atoms with E-state index < -0.39 is 5.97 Å². The first-order valence-electron chi connectivity index (χ1n) is 10.0.